The largest absolute Gasteiger partial charge is 0.439 e. The highest BCUT2D eigenvalue weighted by molar-refractivity contribution is 7.97. The van der Waals surface area contributed by atoms with Gasteiger partial charge in [0.05, 0.1) is 5.69 Å². The first-order valence-corrected chi connectivity index (χ1v) is 14.1. The molecule has 3 aromatic rings. The van der Waals surface area contributed by atoms with Crippen LogP contribution >= 0.6 is 0 Å². The van der Waals surface area contributed by atoms with Gasteiger partial charge >= 0.3 is 0 Å². The first-order valence-electron chi connectivity index (χ1n) is 12.6. The number of rotatable bonds is 8. The molecule has 0 saturated carbocycles. The molecule has 1 aromatic heterocycles. The van der Waals surface area contributed by atoms with Gasteiger partial charge in [0.15, 0.2) is 0 Å². The maximum atomic E-state index is 12.9. The van der Waals surface area contributed by atoms with E-state index in [0.717, 1.165) is 48.7 Å². The summed E-state index contributed by atoms with van der Waals surface area (Å²) in [6.07, 6.45) is 2.11. The molecule has 1 aliphatic heterocycles. The topological polar surface area (TPSA) is 126 Å². The number of anilines is 1. The van der Waals surface area contributed by atoms with E-state index in [0.29, 0.717) is 17.5 Å². The molecule has 1 fully saturated rings. The van der Waals surface area contributed by atoms with Crippen LogP contribution < -0.4 is 15.2 Å². The summed E-state index contributed by atoms with van der Waals surface area (Å²) in [5.41, 5.74) is 10.1. The van der Waals surface area contributed by atoms with Gasteiger partial charge in [-0.15, -0.1) is 0 Å². The average molecular weight is 550 g/mol. The third kappa shape index (κ3) is 6.62. The van der Waals surface area contributed by atoms with Gasteiger partial charge in [-0.3, -0.25) is 9.89 Å². The van der Waals surface area contributed by atoms with Crippen LogP contribution in [0.5, 0.6) is 11.6 Å². The van der Waals surface area contributed by atoms with Gasteiger partial charge in [0.25, 0.3) is 10.0 Å². The number of hydrogen-bond donors (Lipinski definition) is 2. The zero-order valence-corrected chi connectivity index (χ0v) is 23.7. The number of likely N-dealkylation sites (N-methyl/N-ethyl adjacent to an activating group) is 2. The van der Waals surface area contributed by atoms with Crippen molar-refractivity contribution in [1.29, 1.82) is 0 Å². The van der Waals surface area contributed by atoms with Crippen LogP contribution in [0.15, 0.2) is 64.6 Å². The minimum atomic E-state index is -4.08. The number of allylic oxidation sites excluding steroid dienone is 1. The Morgan fingerprint density at radius 1 is 1.10 bits per heavy atom. The van der Waals surface area contributed by atoms with Crippen molar-refractivity contribution in [3.63, 3.8) is 0 Å². The molecule has 0 amide bonds. The van der Waals surface area contributed by atoms with Crippen LogP contribution in [0.25, 0.3) is 11.3 Å². The summed E-state index contributed by atoms with van der Waals surface area (Å²) in [6, 6.07) is 15.8. The van der Waals surface area contributed by atoms with E-state index < -0.39 is 10.0 Å². The monoisotopic (exact) mass is 549 g/mol. The van der Waals surface area contributed by atoms with Gasteiger partial charge < -0.3 is 15.4 Å². The van der Waals surface area contributed by atoms with Crippen molar-refractivity contribution < 1.29 is 13.2 Å². The molecule has 11 heteroatoms. The summed E-state index contributed by atoms with van der Waals surface area (Å²) in [7, 11) is 1.65. The fraction of sp³-hybridized carbons (Fsp3) is 0.321. The van der Waals surface area contributed by atoms with E-state index in [4.69, 9.17) is 10.5 Å². The normalized spacial score (nSPS) is 17.5. The molecule has 0 aliphatic carbocycles. The van der Waals surface area contributed by atoms with Crippen LogP contribution in [0.4, 0.5) is 5.95 Å². The summed E-state index contributed by atoms with van der Waals surface area (Å²) in [5.74, 6) is 0.633. The predicted octanol–water partition coefficient (Wildman–Crippen LogP) is 3.71. The first kappa shape index (κ1) is 28.2. The molecule has 2 heterocycles. The summed E-state index contributed by atoms with van der Waals surface area (Å²) in [5, 5.41) is 0. The third-order valence-corrected chi connectivity index (χ3v) is 8.05. The highest BCUT2D eigenvalue weighted by Crippen LogP contribution is 2.32. The van der Waals surface area contributed by atoms with Crippen LogP contribution in [0.2, 0.25) is 0 Å². The number of hydrogen-bond acceptors (Lipinski definition) is 9. The lowest BCUT2D eigenvalue weighted by atomic mass is 10.00. The molecule has 0 spiro atoms. The van der Waals surface area contributed by atoms with Crippen LogP contribution in [-0.2, 0) is 10.0 Å². The number of aliphatic imine (C=N–C) groups is 1. The zero-order valence-electron chi connectivity index (χ0n) is 22.9. The Bertz CT molecular complexity index is 1470. The van der Waals surface area contributed by atoms with Crippen LogP contribution in [-0.4, -0.2) is 75.2 Å². The second kappa shape index (κ2) is 11.9. The molecular formula is C28H35N7O3S. The van der Waals surface area contributed by atoms with Crippen LogP contribution in [0, 0.1) is 13.8 Å². The van der Waals surface area contributed by atoms with Gasteiger partial charge in [0, 0.05) is 56.8 Å². The van der Waals surface area contributed by atoms with E-state index >= 15 is 0 Å². The van der Waals surface area contributed by atoms with Gasteiger partial charge in [0.2, 0.25) is 11.8 Å². The van der Waals surface area contributed by atoms with Gasteiger partial charge in [-0.25, -0.2) is 18.1 Å². The number of nitrogens with two attached hydrogens (primary N) is 1. The maximum absolute atomic E-state index is 12.9. The van der Waals surface area contributed by atoms with Crippen molar-refractivity contribution in [2.75, 3.05) is 45.5 Å². The number of benzene rings is 2. The van der Waals surface area contributed by atoms with Crippen molar-refractivity contribution >= 4 is 22.2 Å². The van der Waals surface area contributed by atoms with E-state index in [-0.39, 0.29) is 16.7 Å². The fourth-order valence-corrected chi connectivity index (χ4v) is 5.50. The molecule has 1 unspecified atom stereocenters. The van der Waals surface area contributed by atoms with Crippen molar-refractivity contribution in [2.45, 2.75) is 19.9 Å². The third-order valence-electron chi connectivity index (χ3n) is 6.73. The van der Waals surface area contributed by atoms with E-state index in [1.165, 1.54) is 12.6 Å². The standard InChI is InChI=1S/C28H35N7O3S/c1-19-7-6-8-20(2)27(19)24-15-26(32-28(31-24)33-39(36,37)23(16-29)17-30-3)38-22-11-9-21(10-12-22)25-18-34(4)13-14-35(25)5/h6-12,15-17,25H,13-14,18,29H2,1-5H3,(H,31,32,33)/b23-16+,30-17?. The van der Waals surface area contributed by atoms with Crippen molar-refractivity contribution in [3.05, 3.63) is 76.3 Å². The zero-order chi connectivity index (χ0) is 28.2. The Hall–Kier alpha value is -3.80. The Labute approximate surface area is 230 Å². The molecular weight excluding hydrogens is 514 g/mol. The molecule has 0 bridgehead atoms. The summed E-state index contributed by atoms with van der Waals surface area (Å²) < 4.78 is 34.4. The molecule has 10 nitrogen and oxygen atoms in total. The lowest BCUT2D eigenvalue weighted by Gasteiger charge is -2.38. The van der Waals surface area contributed by atoms with Crippen molar-refractivity contribution in [2.24, 2.45) is 10.7 Å². The van der Waals surface area contributed by atoms with Crippen LogP contribution in [0.3, 0.4) is 0 Å². The van der Waals surface area contributed by atoms with Gasteiger partial charge in [0.1, 0.15) is 10.7 Å². The summed E-state index contributed by atoms with van der Waals surface area (Å²) >= 11 is 0. The minimum absolute atomic E-state index is 0.141. The van der Waals surface area contributed by atoms with Crippen LogP contribution in [0.1, 0.15) is 22.7 Å². The first-order chi connectivity index (χ1) is 18.6. The molecule has 2 aromatic carbocycles. The number of ether oxygens (including phenoxy) is 1. The number of piperazine rings is 1. The van der Waals surface area contributed by atoms with E-state index in [1.54, 1.807) is 6.07 Å². The highest BCUT2D eigenvalue weighted by Gasteiger charge is 2.24. The van der Waals surface area contributed by atoms with Crippen molar-refractivity contribution in [1.82, 2.24) is 19.8 Å². The lowest BCUT2D eigenvalue weighted by Crippen LogP contribution is -2.44. The second-order valence-electron chi connectivity index (χ2n) is 9.67. The molecule has 4 rings (SSSR count). The molecule has 39 heavy (non-hydrogen) atoms. The second-order valence-corrected chi connectivity index (χ2v) is 11.4. The Morgan fingerprint density at radius 3 is 2.44 bits per heavy atom. The quantitative estimate of drug-likeness (QED) is 0.407. The van der Waals surface area contributed by atoms with E-state index in [2.05, 4.69) is 55.7 Å². The number of aryl methyl sites for hydroxylation is 2. The van der Waals surface area contributed by atoms with Gasteiger partial charge in [-0.05, 0) is 56.8 Å². The Kier molecular flexibility index (Phi) is 8.63. The number of sulfonamides is 1. The molecule has 1 saturated heterocycles. The van der Waals surface area contributed by atoms with Gasteiger partial charge in [-0.1, -0.05) is 30.3 Å². The maximum Gasteiger partial charge on any atom is 0.267 e. The molecule has 206 valence electrons. The number of aromatic nitrogens is 2. The molecule has 3 N–H and O–H groups in total. The summed E-state index contributed by atoms with van der Waals surface area (Å²) in [6.45, 7) is 6.95. The number of nitrogens with zero attached hydrogens (tertiary/aromatic N) is 5. The van der Waals surface area contributed by atoms with Crippen molar-refractivity contribution in [3.8, 4) is 22.9 Å². The number of nitrogens with one attached hydrogen (secondary N) is 1. The smallest absolute Gasteiger partial charge is 0.267 e. The minimum Gasteiger partial charge on any atom is -0.439 e. The van der Waals surface area contributed by atoms with E-state index in [9.17, 15) is 8.42 Å². The predicted molar refractivity (Wildman–Crippen MR) is 156 cm³/mol. The molecule has 1 aliphatic rings. The van der Waals surface area contributed by atoms with E-state index in [1.807, 2.05) is 44.2 Å². The SMILES string of the molecule is CN=C/C(=C\N)S(=O)(=O)Nc1nc(Oc2ccc(C3CN(C)CCN3C)cc2)cc(-c2c(C)cccc2C)n1. The lowest BCUT2D eigenvalue weighted by molar-refractivity contribution is 0.115. The highest BCUT2D eigenvalue weighted by atomic mass is 32.2. The van der Waals surface area contributed by atoms with Gasteiger partial charge in [-0.2, -0.15) is 4.98 Å². The average Bonchev–Trinajstić information content (AvgIpc) is 2.88. The Morgan fingerprint density at radius 2 is 1.79 bits per heavy atom. The molecule has 1 atom stereocenters. The Balaban J connectivity index is 1.69. The summed E-state index contributed by atoms with van der Waals surface area (Å²) in [4.78, 5) is 17.1. The fourth-order valence-electron chi connectivity index (χ4n) is 4.63. The molecule has 0 radical (unpaired) electrons.